The maximum atomic E-state index is 12.1. The molecule has 0 unspecified atom stereocenters. The topological polar surface area (TPSA) is 107 Å². The zero-order chi connectivity index (χ0) is 18.7. The smallest absolute Gasteiger partial charge is 0.410 e. The van der Waals surface area contributed by atoms with Gasteiger partial charge in [-0.2, -0.15) is 0 Å². The quantitative estimate of drug-likeness (QED) is 0.810. The molecule has 1 aromatic heterocycles. The van der Waals surface area contributed by atoms with E-state index in [0.717, 1.165) is 0 Å². The Morgan fingerprint density at radius 3 is 2.52 bits per heavy atom. The SMILES string of the molecule is CCOC(=O)c1cn(CC2(O)CCN(C(=O)OC(C)(C)C)CC2)nn1. The number of ether oxygens (including phenoxy) is 2. The number of esters is 1. The molecular formula is C16H26N4O5. The number of hydrogen-bond acceptors (Lipinski definition) is 7. The molecule has 1 fully saturated rings. The number of aliphatic hydroxyl groups is 1. The van der Waals surface area contributed by atoms with E-state index in [1.165, 1.54) is 10.9 Å². The van der Waals surface area contributed by atoms with E-state index in [0.29, 0.717) is 25.9 Å². The van der Waals surface area contributed by atoms with Gasteiger partial charge in [-0.1, -0.05) is 5.21 Å². The van der Waals surface area contributed by atoms with Gasteiger partial charge in [0.25, 0.3) is 0 Å². The van der Waals surface area contributed by atoms with Crippen LogP contribution in [0.15, 0.2) is 6.20 Å². The van der Waals surface area contributed by atoms with Crippen LogP contribution in [-0.4, -0.2) is 68.0 Å². The first-order valence-electron chi connectivity index (χ1n) is 8.39. The van der Waals surface area contributed by atoms with Crippen LogP contribution in [0.2, 0.25) is 0 Å². The fraction of sp³-hybridized carbons (Fsp3) is 0.750. The molecule has 9 nitrogen and oxygen atoms in total. The lowest BCUT2D eigenvalue weighted by Crippen LogP contribution is -2.49. The minimum absolute atomic E-state index is 0.108. The van der Waals surface area contributed by atoms with E-state index in [-0.39, 0.29) is 24.9 Å². The first kappa shape index (κ1) is 19.2. The van der Waals surface area contributed by atoms with E-state index >= 15 is 0 Å². The van der Waals surface area contributed by atoms with Crippen molar-refractivity contribution in [1.82, 2.24) is 19.9 Å². The minimum Gasteiger partial charge on any atom is -0.461 e. The number of amides is 1. The van der Waals surface area contributed by atoms with Gasteiger partial charge in [0.05, 0.1) is 24.9 Å². The maximum absolute atomic E-state index is 12.1. The summed E-state index contributed by atoms with van der Waals surface area (Å²) >= 11 is 0. The van der Waals surface area contributed by atoms with Crippen molar-refractivity contribution in [3.8, 4) is 0 Å². The van der Waals surface area contributed by atoms with Crippen LogP contribution in [0.4, 0.5) is 4.79 Å². The Morgan fingerprint density at radius 1 is 1.32 bits per heavy atom. The number of hydrogen-bond donors (Lipinski definition) is 1. The van der Waals surface area contributed by atoms with Crippen molar-refractivity contribution in [3.05, 3.63) is 11.9 Å². The summed E-state index contributed by atoms with van der Waals surface area (Å²) in [6.07, 6.45) is 1.86. The number of carbonyl (C=O) groups is 2. The molecule has 1 aliphatic rings. The van der Waals surface area contributed by atoms with Crippen LogP contribution in [-0.2, 0) is 16.0 Å². The second kappa shape index (κ2) is 7.38. The molecule has 1 saturated heterocycles. The van der Waals surface area contributed by atoms with E-state index in [9.17, 15) is 14.7 Å². The van der Waals surface area contributed by atoms with Crippen LogP contribution in [0.1, 0.15) is 51.0 Å². The normalized spacial score (nSPS) is 17.2. The second-order valence-corrected chi connectivity index (χ2v) is 7.21. The van der Waals surface area contributed by atoms with Crippen LogP contribution in [0.3, 0.4) is 0 Å². The Bertz CT molecular complexity index is 614. The highest BCUT2D eigenvalue weighted by atomic mass is 16.6. The lowest BCUT2D eigenvalue weighted by Gasteiger charge is -2.38. The second-order valence-electron chi connectivity index (χ2n) is 7.21. The van der Waals surface area contributed by atoms with E-state index in [4.69, 9.17) is 9.47 Å². The van der Waals surface area contributed by atoms with Gasteiger partial charge in [0.15, 0.2) is 5.69 Å². The van der Waals surface area contributed by atoms with Crippen LogP contribution in [0.25, 0.3) is 0 Å². The number of aromatic nitrogens is 3. The third kappa shape index (κ3) is 5.42. The van der Waals surface area contributed by atoms with Gasteiger partial charge in [0.1, 0.15) is 5.60 Å². The molecule has 0 saturated carbocycles. The number of carbonyl (C=O) groups excluding carboxylic acids is 2. The number of rotatable bonds is 4. The summed E-state index contributed by atoms with van der Waals surface area (Å²) in [5.41, 5.74) is -1.45. The van der Waals surface area contributed by atoms with Crippen LogP contribution < -0.4 is 0 Å². The number of likely N-dealkylation sites (tertiary alicyclic amines) is 1. The third-order valence-corrected chi connectivity index (χ3v) is 3.83. The van der Waals surface area contributed by atoms with Crippen molar-refractivity contribution < 1.29 is 24.2 Å². The van der Waals surface area contributed by atoms with Crippen LogP contribution >= 0.6 is 0 Å². The predicted octanol–water partition coefficient (Wildman–Crippen LogP) is 1.22. The molecule has 1 amide bonds. The monoisotopic (exact) mass is 354 g/mol. The Hall–Kier alpha value is -2.16. The molecular weight excluding hydrogens is 328 g/mol. The van der Waals surface area contributed by atoms with E-state index in [1.54, 1.807) is 11.8 Å². The van der Waals surface area contributed by atoms with Crippen molar-refractivity contribution in [3.63, 3.8) is 0 Å². The summed E-state index contributed by atoms with van der Waals surface area (Å²) in [4.78, 5) is 25.3. The number of nitrogens with zero attached hydrogens (tertiary/aromatic N) is 4. The van der Waals surface area contributed by atoms with Gasteiger partial charge in [-0.05, 0) is 40.5 Å². The maximum Gasteiger partial charge on any atom is 0.410 e. The van der Waals surface area contributed by atoms with E-state index in [1.807, 2.05) is 20.8 Å². The van der Waals surface area contributed by atoms with Gasteiger partial charge in [0.2, 0.25) is 0 Å². The van der Waals surface area contributed by atoms with Gasteiger partial charge in [-0.3, -0.25) is 0 Å². The standard InChI is InChI=1S/C16H26N4O5/c1-5-24-13(21)12-10-20(18-17-12)11-16(23)6-8-19(9-7-16)14(22)25-15(2,3)4/h10,23H,5-9,11H2,1-4H3. The van der Waals surface area contributed by atoms with Crippen LogP contribution in [0.5, 0.6) is 0 Å². The largest absolute Gasteiger partial charge is 0.461 e. The average Bonchev–Trinajstić information content (AvgIpc) is 2.94. The Labute approximate surface area is 146 Å². The predicted molar refractivity (Wildman–Crippen MR) is 88.0 cm³/mol. The van der Waals surface area contributed by atoms with Crippen molar-refractivity contribution in [2.45, 2.75) is 58.3 Å². The fourth-order valence-corrected chi connectivity index (χ4v) is 2.57. The lowest BCUT2D eigenvalue weighted by atomic mass is 9.91. The molecule has 0 aliphatic carbocycles. The summed E-state index contributed by atoms with van der Waals surface area (Å²) in [6.45, 7) is 8.40. The Morgan fingerprint density at radius 2 is 1.96 bits per heavy atom. The Balaban J connectivity index is 1.90. The minimum atomic E-state index is -1.02. The Kier molecular flexibility index (Phi) is 5.66. The molecule has 1 aromatic rings. The van der Waals surface area contributed by atoms with Crippen molar-refractivity contribution in [1.29, 1.82) is 0 Å². The lowest BCUT2D eigenvalue weighted by molar-refractivity contribution is -0.0434. The molecule has 0 radical (unpaired) electrons. The van der Waals surface area contributed by atoms with Gasteiger partial charge in [-0.25, -0.2) is 14.3 Å². The zero-order valence-electron chi connectivity index (χ0n) is 15.2. The van der Waals surface area contributed by atoms with Gasteiger partial charge in [-0.15, -0.1) is 5.10 Å². The summed E-state index contributed by atoms with van der Waals surface area (Å²) in [7, 11) is 0. The van der Waals surface area contributed by atoms with Crippen molar-refractivity contribution >= 4 is 12.1 Å². The highest BCUT2D eigenvalue weighted by molar-refractivity contribution is 5.86. The molecule has 1 aliphatic heterocycles. The summed E-state index contributed by atoms with van der Waals surface area (Å²) < 4.78 is 11.6. The van der Waals surface area contributed by atoms with Crippen molar-refractivity contribution in [2.24, 2.45) is 0 Å². The highest BCUT2D eigenvalue weighted by Crippen LogP contribution is 2.25. The molecule has 0 aromatic carbocycles. The van der Waals surface area contributed by atoms with E-state index < -0.39 is 17.2 Å². The molecule has 9 heteroatoms. The highest BCUT2D eigenvalue weighted by Gasteiger charge is 2.36. The number of piperidine rings is 1. The first-order chi connectivity index (χ1) is 11.6. The fourth-order valence-electron chi connectivity index (χ4n) is 2.57. The van der Waals surface area contributed by atoms with Gasteiger partial charge in [0, 0.05) is 13.1 Å². The van der Waals surface area contributed by atoms with Crippen LogP contribution in [0, 0.1) is 0 Å². The molecule has 2 rings (SSSR count). The molecule has 25 heavy (non-hydrogen) atoms. The molecule has 0 bridgehead atoms. The van der Waals surface area contributed by atoms with Crippen molar-refractivity contribution in [2.75, 3.05) is 19.7 Å². The summed E-state index contributed by atoms with van der Waals surface area (Å²) in [5, 5.41) is 18.3. The zero-order valence-corrected chi connectivity index (χ0v) is 15.2. The third-order valence-electron chi connectivity index (χ3n) is 3.83. The van der Waals surface area contributed by atoms with E-state index in [2.05, 4.69) is 10.3 Å². The molecule has 0 atom stereocenters. The first-order valence-corrected chi connectivity index (χ1v) is 8.39. The van der Waals surface area contributed by atoms with Gasteiger partial charge < -0.3 is 19.5 Å². The average molecular weight is 354 g/mol. The summed E-state index contributed by atoms with van der Waals surface area (Å²) in [5.74, 6) is -0.541. The molecule has 140 valence electrons. The van der Waals surface area contributed by atoms with Gasteiger partial charge >= 0.3 is 12.1 Å². The molecule has 2 heterocycles. The molecule has 0 spiro atoms. The summed E-state index contributed by atoms with van der Waals surface area (Å²) in [6, 6.07) is 0. The molecule has 1 N–H and O–H groups in total.